The van der Waals surface area contributed by atoms with Crippen LogP contribution < -0.4 is 5.32 Å². The van der Waals surface area contributed by atoms with E-state index in [1.165, 1.54) is 11.3 Å². The molecule has 1 N–H and O–H groups in total. The highest BCUT2D eigenvalue weighted by Crippen LogP contribution is 2.17. The van der Waals surface area contributed by atoms with Crippen LogP contribution in [0, 0.1) is 0 Å². The number of hydrogen-bond donors (Lipinski definition) is 1. The number of likely N-dealkylation sites (tertiary alicyclic amines) is 1. The van der Waals surface area contributed by atoms with Gasteiger partial charge in [-0.2, -0.15) is 0 Å². The third-order valence-electron chi connectivity index (χ3n) is 4.33. The van der Waals surface area contributed by atoms with E-state index in [-0.39, 0.29) is 5.91 Å². The number of carbonyl (C=O) groups excluding carboxylic acids is 1. The molecule has 23 heavy (non-hydrogen) atoms. The Morgan fingerprint density at radius 1 is 1.43 bits per heavy atom. The van der Waals surface area contributed by atoms with Crippen LogP contribution in [-0.4, -0.2) is 39.5 Å². The molecule has 6 heteroatoms. The molecule has 0 aromatic carbocycles. The van der Waals surface area contributed by atoms with E-state index in [9.17, 15) is 4.79 Å². The Morgan fingerprint density at radius 2 is 2.26 bits per heavy atom. The summed E-state index contributed by atoms with van der Waals surface area (Å²) < 4.78 is 2.21. The fourth-order valence-electron chi connectivity index (χ4n) is 3.03. The van der Waals surface area contributed by atoms with Crippen molar-refractivity contribution in [3.63, 3.8) is 0 Å². The van der Waals surface area contributed by atoms with Gasteiger partial charge in [0.1, 0.15) is 5.82 Å². The van der Waals surface area contributed by atoms with Gasteiger partial charge in [-0.1, -0.05) is 13.0 Å². The van der Waals surface area contributed by atoms with E-state index in [0.29, 0.717) is 6.04 Å². The van der Waals surface area contributed by atoms with Gasteiger partial charge in [0.25, 0.3) is 5.91 Å². The maximum Gasteiger partial charge on any atom is 0.263 e. The zero-order valence-corrected chi connectivity index (χ0v) is 14.4. The predicted octanol–water partition coefficient (Wildman–Crippen LogP) is 2.75. The molecule has 0 radical (unpaired) electrons. The van der Waals surface area contributed by atoms with Gasteiger partial charge in [-0.3, -0.25) is 4.79 Å². The van der Waals surface area contributed by atoms with Crippen molar-refractivity contribution in [1.82, 2.24) is 19.8 Å². The van der Waals surface area contributed by atoms with Crippen LogP contribution in [0.3, 0.4) is 0 Å². The Balaban J connectivity index is 1.46. The first-order valence-electron chi connectivity index (χ1n) is 8.34. The van der Waals surface area contributed by atoms with Gasteiger partial charge in [0.2, 0.25) is 0 Å². The van der Waals surface area contributed by atoms with Crippen LogP contribution >= 0.6 is 11.3 Å². The number of piperidine rings is 1. The van der Waals surface area contributed by atoms with Crippen molar-refractivity contribution in [3.05, 3.63) is 40.6 Å². The van der Waals surface area contributed by atoms with Crippen molar-refractivity contribution in [2.75, 3.05) is 13.1 Å². The summed E-state index contributed by atoms with van der Waals surface area (Å²) in [6.07, 6.45) is 7.04. The van der Waals surface area contributed by atoms with Gasteiger partial charge in [-0.25, -0.2) is 4.98 Å². The maximum atomic E-state index is 12.3. The SMILES string of the molecule is CCCn1ccnc1CNC1CCN(C(=O)c2cccs2)CC1. The van der Waals surface area contributed by atoms with Gasteiger partial charge in [-0.05, 0) is 30.7 Å². The topological polar surface area (TPSA) is 50.2 Å². The van der Waals surface area contributed by atoms with Gasteiger partial charge in [0, 0.05) is 38.1 Å². The first kappa shape index (κ1) is 16.2. The Hall–Kier alpha value is -1.66. The molecule has 0 aliphatic carbocycles. The van der Waals surface area contributed by atoms with Gasteiger partial charge >= 0.3 is 0 Å². The molecule has 3 heterocycles. The fraction of sp³-hybridized carbons (Fsp3) is 0.529. The third-order valence-corrected chi connectivity index (χ3v) is 5.19. The lowest BCUT2D eigenvalue weighted by atomic mass is 10.0. The van der Waals surface area contributed by atoms with Crippen LogP contribution in [-0.2, 0) is 13.1 Å². The molecule has 1 aliphatic heterocycles. The lowest BCUT2D eigenvalue weighted by molar-refractivity contribution is 0.0709. The van der Waals surface area contributed by atoms with Crippen molar-refractivity contribution in [2.24, 2.45) is 0 Å². The number of nitrogens with zero attached hydrogens (tertiary/aromatic N) is 3. The van der Waals surface area contributed by atoms with Crippen LogP contribution in [0.15, 0.2) is 29.9 Å². The van der Waals surface area contributed by atoms with E-state index in [4.69, 9.17) is 0 Å². The number of amides is 1. The third kappa shape index (κ3) is 4.00. The first-order chi connectivity index (χ1) is 11.3. The van der Waals surface area contributed by atoms with Crippen LogP contribution in [0.25, 0.3) is 0 Å². The van der Waals surface area contributed by atoms with Crippen LogP contribution in [0.5, 0.6) is 0 Å². The van der Waals surface area contributed by atoms with E-state index < -0.39 is 0 Å². The Morgan fingerprint density at radius 3 is 2.96 bits per heavy atom. The molecule has 5 nitrogen and oxygen atoms in total. The van der Waals surface area contributed by atoms with Crippen LogP contribution in [0.1, 0.15) is 41.7 Å². The van der Waals surface area contributed by atoms with Gasteiger partial charge in [-0.15, -0.1) is 11.3 Å². The summed E-state index contributed by atoms with van der Waals surface area (Å²) in [5, 5.41) is 5.56. The summed E-state index contributed by atoms with van der Waals surface area (Å²) in [6, 6.07) is 4.31. The zero-order valence-electron chi connectivity index (χ0n) is 13.6. The number of thiophene rings is 1. The molecule has 3 rings (SSSR count). The van der Waals surface area contributed by atoms with E-state index >= 15 is 0 Å². The first-order valence-corrected chi connectivity index (χ1v) is 9.22. The number of imidazole rings is 1. The lowest BCUT2D eigenvalue weighted by Gasteiger charge is -2.32. The molecule has 2 aromatic rings. The molecule has 0 saturated carbocycles. The monoisotopic (exact) mass is 332 g/mol. The molecule has 1 saturated heterocycles. The second kappa shape index (κ2) is 7.75. The van der Waals surface area contributed by atoms with E-state index in [1.807, 2.05) is 34.8 Å². The molecule has 1 amide bonds. The van der Waals surface area contributed by atoms with Gasteiger partial charge in [0.15, 0.2) is 0 Å². The molecule has 0 unspecified atom stereocenters. The summed E-state index contributed by atoms with van der Waals surface area (Å²) in [7, 11) is 0. The Bertz CT molecular complexity index is 614. The maximum absolute atomic E-state index is 12.3. The number of hydrogen-bond acceptors (Lipinski definition) is 4. The van der Waals surface area contributed by atoms with Crippen molar-refractivity contribution in [3.8, 4) is 0 Å². The van der Waals surface area contributed by atoms with Crippen molar-refractivity contribution < 1.29 is 4.79 Å². The minimum Gasteiger partial charge on any atom is -0.338 e. The number of rotatable bonds is 6. The van der Waals surface area contributed by atoms with E-state index in [0.717, 1.165) is 56.1 Å². The normalized spacial score (nSPS) is 16.0. The number of aryl methyl sites for hydroxylation is 1. The standard InChI is InChI=1S/C17H24N4OS/c1-2-8-20-11-7-18-16(20)13-19-14-5-9-21(10-6-14)17(22)15-4-3-12-23-15/h3-4,7,11-12,14,19H,2,5-6,8-10,13H2,1H3. The summed E-state index contributed by atoms with van der Waals surface area (Å²) >= 11 is 1.52. The van der Waals surface area contributed by atoms with E-state index in [1.54, 1.807) is 0 Å². The molecule has 0 atom stereocenters. The van der Waals surface area contributed by atoms with Crippen molar-refractivity contribution in [1.29, 1.82) is 0 Å². The molecule has 0 bridgehead atoms. The summed E-state index contributed by atoms with van der Waals surface area (Å²) in [4.78, 5) is 19.6. The zero-order chi connectivity index (χ0) is 16.1. The summed E-state index contributed by atoms with van der Waals surface area (Å²) in [6.45, 7) is 5.66. The Kier molecular flexibility index (Phi) is 5.46. The predicted molar refractivity (Wildman–Crippen MR) is 92.6 cm³/mol. The van der Waals surface area contributed by atoms with Crippen LogP contribution in [0.4, 0.5) is 0 Å². The highest BCUT2D eigenvalue weighted by molar-refractivity contribution is 7.12. The van der Waals surface area contributed by atoms with Crippen molar-refractivity contribution >= 4 is 17.2 Å². The van der Waals surface area contributed by atoms with Gasteiger partial charge < -0.3 is 14.8 Å². The molecule has 2 aromatic heterocycles. The number of aromatic nitrogens is 2. The van der Waals surface area contributed by atoms with Crippen LogP contribution in [0.2, 0.25) is 0 Å². The minimum atomic E-state index is 0.178. The largest absolute Gasteiger partial charge is 0.338 e. The highest BCUT2D eigenvalue weighted by Gasteiger charge is 2.24. The van der Waals surface area contributed by atoms with Gasteiger partial charge in [0.05, 0.1) is 11.4 Å². The van der Waals surface area contributed by atoms with Crippen molar-refractivity contribution in [2.45, 2.75) is 45.3 Å². The minimum absolute atomic E-state index is 0.178. The lowest BCUT2D eigenvalue weighted by Crippen LogP contribution is -2.44. The summed E-state index contributed by atoms with van der Waals surface area (Å²) in [5.74, 6) is 1.28. The molecule has 1 aliphatic rings. The Labute approximate surface area is 141 Å². The molecular formula is C17H24N4OS. The second-order valence-corrected chi connectivity index (χ2v) is 6.91. The smallest absolute Gasteiger partial charge is 0.263 e. The highest BCUT2D eigenvalue weighted by atomic mass is 32.1. The molecule has 124 valence electrons. The quantitative estimate of drug-likeness (QED) is 0.885. The van der Waals surface area contributed by atoms with E-state index in [2.05, 4.69) is 21.8 Å². The average Bonchev–Trinajstić information content (AvgIpc) is 3.25. The number of carbonyl (C=O) groups is 1. The summed E-state index contributed by atoms with van der Waals surface area (Å²) in [5.41, 5.74) is 0. The molecule has 0 spiro atoms. The fourth-order valence-corrected chi connectivity index (χ4v) is 3.72. The second-order valence-electron chi connectivity index (χ2n) is 5.96. The molecule has 1 fully saturated rings. The molecular weight excluding hydrogens is 308 g/mol. The number of nitrogens with one attached hydrogen (secondary N) is 1. The average molecular weight is 332 g/mol.